The van der Waals surface area contributed by atoms with E-state index in [0.717, 1.165) is 64.2 Å². The van der Waals surface area contributed by atoms with Crippen molar-refractivity contribution in [2.24, 2.45) is 11.8 Å². The first-order chi connectivity index (χ1) is 13.7. The lowest BCUT2D eigenvalue weighted by Crippen LogP contribution is -2.57. The molecule has 2 rings (SSSR count). The van der Waals surface area contributed by atoms with E-state index in [1.807, 2.05) is 0 Å². The number of methoxy groups -OCH3 is 1. The summed E-state index contributed by atoms with van der Waals surface area (Å²) < 4.78 is 10.4. The summed E-state index contributed by atoms with van der Waals surface area (Å²) in [7, 11) is 1.35. The molecule has 0 saturated heterocycles. The maximum atomic E-state index is 13.2. The first-order valence-corrected chi connectivity index (χ1v) is 11.1. The van der Waals surface area contributed by atoms with E-state index < -0.39 is 29.7 Å². The molecular weight excluding hydrogens is 372 g/mol. The highest BCUT2D eigenvalue weighted by molar-refractivity contribution is 5.90. The van der Waals surface area contributed by atoms with Crippen LogP contribution in [0.4, 0.5) is 4.79 Å². The minimum absolute atomic E-state index is 0.0425. The van der Waals surface area contributed by atoms with Crippen LogP contribution in [-0.2, 0) is 19.1 Å². The van der Waals surface area contributed by atoms with E-state index in [-0.39, 0.29) is 17.7 Å². The van der Waals surface area contributed by atoms with Crippen molar-refractivity contribution in [2.45, 2.75) is 103 Å². The number of rotatable bonds is 6. The number of alkyl carbamates (subject to hydrolysis) is 1. The van der Waals surface area contributed by atoms with Crippen molar-refractivity contribution >= 4 is 18.0 Å². The van der Waals surface area contributed by atoms with Crippen LogP contribution in [0.15, 0.2) is 0 Å². The van der Waals surface area contributed by atoms with Crippen molar-refractivity contribution in [3.63, 3.8) is 0 Å². The Morgan fingerprint density at radius 2 is 1.28 bits per heavy atom. The quantitative estimate of drug-likeness (QED) is 0.651. The van der Waals surface area contributed by atoms with Gasteiger partial charge in [-0.15, -0.1) is 0 Å². The van der Waals surface area contributed by atoms with Crippen molar-refractivity contribution in [1.82, 2.24) is 10.6 Å². The van der Waals surface area contributed by atoms with Crippen LogP contribution < -0.4 is 10.6 Å². The van der Waals surface area contributed by atoms with E-state index in [2.05, 4.69) is 10.6 Å². The molecular formula is C22H38N2O5. The molecule has 0 heterocycles. The summed E-state index contributed by atoms with van der Waals surface area (Å²) in [6.45, 7) is 5.37. The fourth-order valence-corrected chi connectivity index (χ4v) is 4.51. The molecule has 0 aromatic carbocycles. The highest BCUT2D eigenvalue weighted by atomic mass is 16.6. The molecule has 2 amide bonds. The third kappa shape index (κ3) is 7.52. The zero-order chi connectivity index (χ0) is 21.4. The Balaban J connectivity index is 2.12. The van der Waals surface area contributed by atoms with E-state index >= 15 is 0 Å². The van der Waals surface area contributed by atoms with Gasteiger partial charge in [-0.3, -0.25) is 4.79 Å². The van der Waals surface area contributed by atoms with Gasteiger partial charge in [-0.2, -0.15) is 0 Å². The molecule has 2 N–H and O–H groups in total. The molecule has 2 aliphatic rings. The maximum Gasteiger partial charge on any atom is 0.408 e. The van der Waals surface area contributed by atoms with Gasteiger partial charge in [0, 0.05) is 0 Å². The minimum atomic E-state index is -0.708. The average Bonchev–Trinajstić information content (AvgIpc) is 2.69. The molecule has 2 atom stereocenters. The molecule has 7 heteroatoms. The largest absolute Gasteiger partial charge is 0.467 e. The lowest BCUT2D eigenvalue weighted by molar-refractivity contribution is -0.147. The summed E-state index contributed by atoms with van der Waals surface area (Å²) in [5.74, 6) is -0.608. The van der Waals surface area contributed by atoms with Crippen LogP contribution in [0.2, 0.25) is 0 Å². The van der Waals surface area contributed by atoms with Gasteiger partial charge >= 0.3 is 12.1 Å². The Morgan fingerprint density at radius 1 is 0.793 bits per heavy atom. The number of nitrogens with one attached hydrogen (secondary N) is 2. The van der Waals surface area contributed by atoms with Gasteiger partial charge in [0.15, 0.2) is 0 Å². The highest BCUT2D eigenvalue weighted by Crippen LogP contribution is 2.29. The Bertz CT molecular complexity index is 560. The molecule has 2 aliphatic carbocycles. The van der Waals surface area contributed by atoms with E-state index in [4.69, 9.17) is 9.47 Å². The molecule has 166 valence electrons. The van der Waals surface area contributed by atoms with Gasteiger partial charge < -0.3 is 20.1 Å². The van der Waals surface area contributed by atoms with Gasteiger partial charge in [0.05, 0.1) is 7.11 Å². The summed E-state index contributed by atoms with van der Waals surface area (Å²) >= 11 is 0. The number of hydrogen-bond acceptors (Lipinski definition) is 5. The van der Waals surface area contributed by atoms with E-state index in [1.165, 1.54) is 7.11 Å². The van der Waals surface area contributed by atoms with E-state index in [1.54, 1.807) is 20.8 Å². The summed E-state index contributed by atoms with van der Waals surface area (Å²) in [4.78, 5) is 38.0. The van der Waals surface area contributed by atoms with Crippen LogP contribution in [0.5, 0.6) is 0 Å². The molecule has 0 unspecified atom stereocenters. The second kappa shape index (κ2) is 10.8. The van der Waals surface area contributed by atoms with Crippen molar-refractivity contribution < 1.29 is 23.9 Å². The van der Waals surface area contributed by atoms with Crippen LogP contribution in [0.25, 0.3) is 0 Å². The highest BCUT2D eigenvalue weighted by Gasteiger charge is 2.37. The van der Waals surface area contributed by atoms with Gasteiger partial charge in [-0.1, -0.05) is 38.5 Å². The third-order valence-corrected chi connectivity index (χ3v) is 5.95. The Kier molecular flexibility index (Phi) is 8.78. The smallest absolute Gasteiger partial charge is 0.408 e. The zero-order valence-electron chi connectivity index (χ0n) is 18.4. The predicted octanol–water partition coefficient (Wildman–Crippen LogP) is 3.70. The molecule has 7 nitrogen and oxygen atoms in total. The van der Waals surface area contributed by atoms with Gasteiger partial charge in [0.25, 0.3) is 0 Å². The first kappa shape index (κ1) is 23.5. The second-order valence-electron chi connectivity index (χ2n) is 9.43. The Hall–Kier alpha value is -1.79. The molecule has 0 bridgehead atoms. The Labute approximate surface area is 174 Å². The van der Waals surface area contributed by atoms with Crippen molar-refractivity contribution in [3.8, 4) is 0 Å². The van der Waals surface area contributed by atoms with Crippen LogP contribution in [0.1, 0.15) is 85.0 Å². The number of hydrogen-bond donors (Lipinski definition) is 2. The monoisotopic (exact) mass is 410 g/mol. The molecule has 2 saturated carbocycles. The fourth-order valence-electron chi connectivity index (χ4n) is 4.51. The lowest BCUT2D eigenvalue weighted by atomic mass is 9.82. The summed E-state index contributed by atoms with van der Waals surface area (Å²) in [5.41, 5.74) is -0.645. The lowest BCUT2D eigenvalue weighted by Gasteiger charge is -2.34. The standard InChI is InChI=1S/C22H38N2O5/c1-22(2,3)29-21(27)24-17(15-11-7-5-8-12-15)19(25)23-18(20(26)28-4)16-13-9-6-10-14-16/h15-18H,5-14H2,1-4H3,(H,23,25)(H,24,27)/t17-,18-/m0/s1. The predicted molar refractivity (Wildman–Crippen MR) is 110 cm³/mol. The normalized spacial score (nSPS) is 21.0. The molecule has 2 fully saturated rings. The molecule has 0 spiro atoms. The topological polar surface area (TPSA) is 93.7 Å². The van der Waals surface area contributed by atoms with Crippen LogP contribution in [-0.4, -0.2) is 42.8 Å². The van der Waals surface area contributed by atoms with E-state index in [9.17, 15) is 14.4 Å². The van der Waals surface area contributed by atoms with E-state index in [0.29, 0.717) is 0 Å². The van der Waals surface area contributed by atoms with Crippen LogP contribution in [0.3, 0.4) is 0 Å². The maximum absolute atomic E-state index is 13.2. The van der Waals surface area contributed by atoms with Crippen LogP contribution >= 0.6 is 0 Å². The number of ether oxygens (including phenoxy) is 2. The van der Waals surface area contributed by atoms with Crippen LogP contribution in [0, 0.1) is 11.8 Å². The third-order valence-electron chi connectivity index (χ3n) is 5.95. The SMILES string of the molecule is COC(=O)[C@@H](NC(=O)[C@@H](NC(=O)OC(C)(C)C)C1CCCCC1)C1CCCCC1. The van der Waals surface area contributed by atoms with Gasteiger partial charge in [0.1, 0.15) is 17.7 Å². The molecule has 0 radical (unpaired) electrons. The second-order valence-corrected chi connectivity index (χ2v) is 9.43. The molecule has 0 aromatic heterocycles. The fraction of sp³-hybridized carbons (Fsp3) is 0.864. The van der Waals surface area contributed by atoms with Gasteiger partial charge in [-0.25, -0.2) is 9.59 Å². The number of carbonyl (C=O) groups is 3. The Morgan fingerprint density at radius 3 is 1.72 bits per heavy atom. The summed E-state index contributed by atoms with van der Waals surface area (Å²) in [5, 5.41) is 5.70. The number of carbonyl (C=O) groups excluding carboxylic acids is 3. The molecule has 0 aliphatic heterocycles. The van der Waals surface area contributed by atoms with Gasteiger partial charge in [0.2, 0.25) is 5.91 Å². The van der Waals surface area contributed by atoms with Crippen molar-refractivity contribution in [3.05, 3.63) is 0 Å². The van der Waals surface area contributed by atoms with Crippen molar-refractivity contribution in [1.29, 1.82) is 0 Å². The average molecular weight is 411 g/mol. The summed E-state index contributed by atoms with van der Waals surface area (Å²) in [6, 6.07) is -1.37. The number of amides is 2. The zero-order valence-corrected chi connectivity index (χ0v) is 18.4. The molecule has 0 aromatic rings. The van der Waals surface area contributed by atoms with Crippen molar-refractivity contribution in [2.75, 3.05) is 7.11 Å². The first-order valence-electron chi connectivity index (χ1n) is 11.1. The number of esters is 1. The minimum Gasteiger partial charge on any atom is -0.467 e. The molecule has 29 heavy (non-hydrogen) atoms. The summed E-state index contributed by atoms with van der Waals surface area (Å²) in [6.07, 6.45) is 9.42. The van der Waals surface area contributed by atoms with Gasteiger partial charge in [-0.05, 0) is 58.3 Å².